The summed E-state index contributed by atoms with van der Waals surface area (Å²) in [6.45, 7) is 2.08. The maximum Gasteiger partial charge on any atom is 0.404 e. The Morgan fingerprint density at radius 3 is 2.62 bits per heavy atom. The number of benzene rings is 1. The van der Waals surface area contributed by atoms with Gasteiger partial charge in [0.1, 0.15) is 11.5 Å². The number of aryl methyl sites for hydroxylation is 1. The highest BCUT2D eigenvalue weighted by Crippen LogP contribution is 2.29. The van der Waals surface area contributed by atoms with Crippen molar-refractivity contribution in [3.8, 4) is 5.69 Å². The third-order valence-electron chi connectivity index (χ3n) is 6.96. The lowest BCUT2D eigenvalue weighted by atomic mass is 9.87. The Labute approximate surface area is 240 Å². The van der Waals surface area contributed by atoms with Gasteiger partial charge >= 0.3 is 6.09 Å². The normalized spacial score (nSPS) is 18.3. The molecule has 1 fully saturated rings. The van der Waals surface area contributed by atoms with Crippen molar-refractivity contribution in [3.63, 3.8) is 0 Å². The van der Waals surface area contributed by atoms with E-state index in [9.17, 15) is 14.7 Å². The first kappa shape index (κ1) is 28.4. The van der Waals surface area contributed by atoms with E-state index in [0.29, 0.717) is 42.9 Å². The second kappa shape index (κ2) is 12.6. The summed E-state index contributed by atoms with van der Waals surface area (Å²) in [6.07, 6.45) is 4.75. The van der Waals surface area contributed by atoms with Crippen molar-refractivity contribution in [2.24, 2.45) is 5.73 Å². The van der Waals surface area contributed by atoms with Crippen molar-refractivity contribution in [1.82, 2.24) is 30.3 Å². The molecule has 3 aromatic heterocycles. The van der Waals surface area contributed by atoms with Crippen LogP contribution in [0, 0.1) is 12.7 Å². The molecule has 6 N–H and O–H groups in total. The Morgan fingerprint density at radius 1 is 1.14 bits per heavy atom. The van der Waals surface area contributed by atoms with Crippen LogP contribution in [0.5, 0.6) is 0 Å². The van der Waals surface area contributed by atoms with Crippen LogP contribution in [0.3, 0.4) is 0 Å². The second-order valence-corrected chi connectivity index (χ2v) is 9.84. The average Bonchev–Trinajstić information content (AvgIpc) is 3.51. The summed E-state index contributed by atoms with van der Waals surface area (Å²) in [5.74, 6) is -1.94. The van der Waals surface area contributed by atoms with Gasteiger partial charge in [0.25, 0.3) is 5.91 Å². The number of ether oxygens (including phenoxy) is 1. The van der Waals surface area contributed by atoms with Gasteiger partial charge in [0, 0.05) is 0 Å². The number of primary amides is 1. The fraction of sp³-hybridized carbons (Fsp3) is 0.286. The summed E-state index contributed by atoms with van der Waals surface area (Å²) in [4.78, 5) is 33.9. The van der Waals surface area contributed by atoms with Crippen LogP contribution in [-0.4, -0.2) is 60.3 Å². The summed E-state index contributed by atoms with van der Waals surface area (Å²) in [5.41, 5.74) is 7.97. The third kappa shape index (κ3) is 6.61. The molecule has 2 amide bonds. The molecular formula is C28H30FN9O4. The summed E-state index contributed by atoms with van der Waals surface area (Å²) >= 11 is 0. The van der Waals surface area contributed by atoms with Crippen LogP contribution < -0.4 is 21.7 Å². The van der Waals surface area contributed by atoms with Gasteiger partial charge in [0.05, 0.1) is 60.3 Å². The number of hydrogen-bond donors (Lipinski definition) is 5. The zero-order chi connectivity index (χ0) is 29.6. The number of nitrogens with zero attached hydrogens (tertiary/aromatic N) is 5. The number of halogens is 1. The molecule has 14 heteroatoms. The quantitative estimate of drug-likeness (QED) is 0.188. The Hall–Kier alpha value is -5.11. The zero-order valence-corrected chi connectivity index (χ0v) is 22.7. The summed E-state index contributed by atoms with van der Waals surface area (Å²) < 4.78 is 21.6. The van der Waals surface area contributed by atoms with Gasteiger partial charge in [0.15, 0.2) is 11.6 Å². The van der Waals surface area contributed by atoms with Gasteiger partial charge in [-0.15, -0.1) is 4.80 Å². The number of carbonyl (C=O) groups is 2. The van der Waals surface area contributed by atoms with Crippen molar-refractivity contribution >= 4 is 29.3 Å². The molecule has 1 aliphatic carbocycles. The van der Waals surface area contributed by atoms with E-state index in [1.807, 2.05) is 30.3 Å². The van der Waals surface area contributed by atoms with E-state index in [2.05, 4.69) is 36.1 Å². The number of anilines is 3. The minimum Gasteiger partial charge on any atom is -0.465 e. The Bertz CT molecular complexity index is 1550. The van der Waals surface area contributed by atoms with Crippen molar-refractivity contribution in [1.29, 1.82) is 0 Å². The van der Waals surface area contributed by atoms with Gasteiger partial charge < -0.3 is 31.5 Å². The fourth-order valence-electron chi connectivity index (χ4n) is 4.94. The van der Waals surface area contributed by atoms with Gasteiger partial charge in [-0.2, -0.15) is 10.2 Å². The number of amides is 2. The van der Waals surface area contributed by atoms with E-state index < -0.39 is 36.0 Å². The standard InChI is InChI=1S/C28H30FN9O4/c1-16-22(38-32-10-11-33-38)12-18(14-31-16)34-26-19(25(30)39)13-20(29)27(37-26)36-24-21(35-28(40)41)8-5-9-23(24)42-15-17-6-3-2-4-7-17/h2-4,6-7,10-14,21,23-24,35H,5,8-9,15H2,1H3,(H2,30,39)(H,40,41)(H2,34,36,37). The molecule has 0 saturated heterocycles. The van der Waals surface area contributed by atoms with Gasteiger partial charge in [-0.25, -0.2) is 14.2 Å². The molecule has 4 aromatic rings. The number of aromatic nitrogens is 5. The molecule has 0 spiro atoms. The maximum absolute atomic E-state index is 15.4. The number of pyridine rings is 2. The van der Waals surface area contributed by atoms with Crippen LogP contribution in [0.15, 0.2) is 61.1 Å². The van der Waals surface area contributed by atoms with Crippen molar-refractivity contribution in [2.75, 3.05) is 10.6 Å². The maximum atomic E-state index is 15.4. The molecule has 218 valence electrons. The molecule has 1 aliphatic rings. The van der Waals surface area contributed by atoms with Crippen LogP contribution in [0.2, 0.25) is 0 Å². The van der Waals surface area contributed by atoms with Crippen LogP contribution in [0.25, 0.3) is 5.69 Å². The molecule has 13 nitrogen and oxygen atoms in total. The Morgan fingerprint density at radius 2 is 1.90 bits per heavy atom. The van der Waals surface area contributed by atoms with E-state index >= 15 is 4.39 Å². The van der Waals surface area contributed by atoms with Crippen LogP contribution >= 0.6 is 0 Å². The van der Waals surface area contributed by atoms with E-state index in [4.69, 9.17) is 10.5 Å². The molecule has 0 aliphatic heterocycles. The lowest BCUT2D eigenvalue weighted by molar-refractivity contribution is 0.000104. The molecule has 3 unspecified atom stereocenters. The number of hydrogen-bond acceptors (Lipinski definition) is 9. The number of carboxylic acid groups (broad SMARTS) is 1. The van der Waals surface area contributed by atoms with E-state index in [-0.39, 0.29) is 17.2 Å². The highest BCUT2D eigenvalue weighted by Gasteiger charge is 2.36. The highest BCUT2D eigenvalue weighted by molar-refractivity contribution is 5.98. The first-order valence-corrected chi connectivity index (χ1v) is 13.3. The van der Waals surface area contributed by atoms with Gasteiger partial charge in [-0.3, -0.25) is 9.78 Å². The monoisotopic (exact) mass is 575 g/mol. The van der Waals surface area contributed by atoms with Crippen molar-refractivity contribution < 1.29 is 23.8 Å². The first-order valence-electron chi connectivity index (χ1n) is 13.3. The lowest BCUT2D eigenvalue weighted by Gasteiger charge is -2.38. The number of nitrogens with two attached hydrogens (primary N) is 1. The summed E-state index contributed by atoms with van der Waals surface area (Å²) in [6, 6.07) is 11.0. The molecule has 1 saturated carbocycles. The van der Waals surface area contributed by atoms with E-state index in [0.717, 1.165) is 11.6 Å². The van der Waals surface area contributed by atoms with Gasteiger partial charge in [-0.1, -0.05) is 30.3 Å². The van der Waals surface area contributed by atoms with E-state index in [1.54, 1.807) is 13.0 Å². The Balaban J connectivity index is 1.45. The molecule has 0 radical (unpaired) electrons. The second-order valence-electron chi connectivity index (χ2n) is 9.84. The minimum absolute atomic E-state index is 0.0169. The van der Waals surface area contributed by atoms with Crippen LogP contribution in [0.1, 0.15) is 40.9 Å². The van der Waals surface area contributed by atoms with E-state index in [1.165, 1.54) is 23.4 Å². The largest absolute Gasteiger partial charge is 0.465 e. The average molecular weight is 576 g/mol. The zero-order valence-electron chi connectivity index (χ0n) is 22.7. The topological polar surface area (TPSA) is 182 Å². The molecule has 1 aromatic carbocycles. The Kier molecular flexibility index (Phi) is 8.52. The SMILES string of the molecule is Cc1ncc(Nc2nc(NC3C(NC(=O)O)CCCC3OCc3ccccc3)c(F)cc2C(N)=O)cc1-n1nccn1. The number of carbonyl (C=O) groups excluding carboxylic acids is 1. The highest BCUT2D eigenvalue weighted by atomic mass is 19.1. The van der Waals surface area contributed by atoms with Crippen molar-refractivity contribution in [3.05, 3.63) is 83.7 Å². The molecule has 3 heterocycles. The lowest BCUT2D eigenvalue weighted by Crippen LogP contribution is -2.55. The molecule has 3 atom stereocenters. The first-order chi connectivity index (χ1) is 20.3. The summed E-state index contributed by atoms with van der Waals surface area (Å²) in [5, 5.41) is 26.3. The number of rotatable bonds is 10. The van der Waals surface area contributed by atoms with Gasteiger partial charge in [0.2, 0.25) is 0 Å². The molecular weight excluding hydrogens is 545 g/mol. The van der Waals surface area contributed by atoms with Crippen LogP contribution in [-0.2, 0) is 11.3 Å². The molecule has 42 heavy (non-hydrogen) atoms. The number of nitrogens with one attached hydrogen (secondary N) is 3. The molecule has 5 rings (SSSR count). The fourth-order valence-corrected chi connectivity index (χ4v) is 4.94. The predicted molar refractivity (Wildman–Crippen MR) is 151 cm³/mol. The van der Waals surface area contributed by atoms with Crippen molar-refractivity contribution in [2.45, 2.75) is 51.0 Å². The predicted octanol–water partition coefficient (Wildman–Crippen LogP) is 3.53. The smallest absolute Gasteiger partial charge is 0.404 e. The third-order valence-corrected chi connectivity index (χ3v) is 6.96. The van der Waals surface area contributed by atoms with Gasteiger partial charge in [-0.05, 0) is 43.9 Å². The summed E-state index contributed by atoms with van der Waals surface area (Å²) in [7, 11) is 0. The van der Waals surface area contributed by atoms with Crippen LogP contribution in [0.4, 0.5) is 26.5 Å². The molecule has 0 bridgehead atoms. The minimum atomic E-state index is -1.20.